The summed E-state index contributed by atoms with van der Waals surface area (Å²) in [5.41, 5.74) is -0.539. The third-order valence-corrected chi connectivity index (χ3v) is 3.34. The average Bonchev–Trinajstić information content (AvgIpc) is 2.22. The Morgan fingerprint density at radius 2 is 2.00 bits per heavy atom. The Morgan fingerprint density at radius 3 is 2.35 bits per heavy atom. The van der Waals surface area contributed by atoms with E-state index >= 15 is 0 Å². The van der Waals surface area contributed by atoms with E-state index in [4.69, 9.17) is 4.74 Å². The Hall–Kier alpha value is -0.850. The van der Waals surface area contributed by atoms with E-state index in [1.165, 1.54) is 7.11 Å². The van der Waals surface area contributed by atoms with Crippen molar-refractivity contribution in [3.8, 4) is 0 Å². The van der Waals surface area contributed by atoms with Crippen molar-refractivity contribution in [2.24, 2.45) is 5.41 Å². The molecule has 2 atom stereocenters. The minimum Gasteiger partial charge on any atom is -0.381 e. The van der Waals surface area contributed by atoms with Gasteiger partial charge in [0, 0.05) is 18.6 Å². The van der Waals surface area contributed by atoms with Gasteiger partial charge in [-0.05, 0) is 6.42 Å². The number of ether oxygens (including phenoxy) is 1. The molecule has 0 heterocycles. The van der Waals surface area contributed by atoms with Crippen molar-refractivity contribution in [2.45, 2.75) is 44.8 Å². The van der Waals surface area contributed by atoms with E-state index in [2.05, 4.69) is 0 Å². The smallest absolute Gasteiger partial charge is 0.381 e. The van der Waals surface area contributed by atoms with Gasteiger partial charge in [0.15, 0.2) is 0 Å². The molecular weight excluding hydrogens is 242 g/mol. The molecule has 1 fully saturated rings. The van der Waals surface area contributed by atoms with Crippen molar-refractivity contribution in [1.29, 1.82) is 0 Å². The number of hydrogen-bond acceptors (Lipinski definition) is 2. The summed E-state index contributed by atoms with van der Waals surface area (Å²) in [4.78, 5) is 11.0. The summed E-state index contributed by atoms with van der Waals surface area (Å²) < 4.78 is 54.3. The van der Waals surface area contributed by atoms with Crippen molar-refractivity contribution in [3.05, 3.63) is 0 Å². The van der Waals surface area contributed by atoms with Gasteiger partial charge < -0.3 is 10.1 Å². The van der Waals surface area contributed by atoms with Gasteiger partial charge in [-0.25, -0.2) is 8.78 Å². The summed E-state index contributed by atoms with van der Waals surface area (Å²) in [6.45, 7) is 3.44. The maximum absolute atomic E-state index is 12.7. The van der Waals surface area contributed by atoms with Crippen LogP contribution in [-0.2, 0) is 9.53 Å². The zero-order valence-electron chi connectivity index (χ0n) is 9.77. The molecule has 1 aliphatic carbocycles. The fourth-order valence-electron chi connectivity index (χ4n) is 1.88. The van der Waals surface area contributed by atoms with Crippen LogP contribution < -0.4 is 5.32 Å². The predicted octanol–water partition coefficient (Wildman–Crippen LogP) is 1.82. The highest BCUT2D eigenvalue weighted by molar-refractivity contribution is 5.84. The van der Waals surface area contributed by atoms with Crippen LogP contribution >= 0.6 is 0 Å². The fourth-order valence-corrected chi connectivity index (χ4v) is 1.88. The van der Waals surface area contributed by atoms with Gasteiger partial charge in [-0.2, -0.15) is 8.78 Å². The Bertz CT molecular complexity index is 307. The Balaban J connectivity index is 2.61. The minimum absolute atomic E-state index is 0.173. The molecule has 0 aromatic carbocycles. The monoisotopic (exact) mass is 257 g/mol. The maximum atomic E-state index is 12.7. The second-order valence-electron chi connectivity index (χ2n) is 4.73. The molecule has 0 aliphatic heterocycles. The normalized spacial score (nSPS) is 27.8. The van der Waals surface area contributed by atoms with Gasteiger partial charge in [0.05, 0.1) is 6.10 Å². The number of rotatable bonds is 4. The summed E-state index contributed by atoms with van der Waals surface area (Å²) in [5, 5.41) is 1.94. The minimum atomic E-state index is -4.64. The predicted molar refractivity (Wildman–Crippen MR) is 52.1 cm³/mol. The first-order chi connectivity index (χ1) is 7.64. The summed E-state index contributed by atoms with van der Waals surface area (Å²) in [6.07, 6.45) is -3.83. The first-order valence-corrected chi connectivity index (χ1v) is 5.13. The van der Waals surface area contributed by atoms with Crippen LogP contribution in [0.4, 0.5) is 17.6 Å². The van der Waals surface area contributed by atoms with E-state index < -0.39 is 29.7 Å². The lowest BCUT2D eigenvalue weighted by Gasteiger charge is -2.51. The van der Waals surface area contributed by atoms with Crippen LogP contribution in [0.1, 0.15) is 20.3 Å². The number of carbonyl (C=O) groups is 1. The van der Waals surface area contributed by atoms with Crippen LogP contribution in [0.3, 0.4) is 0 Å². The molecule has 100 valence electrons. The number of halogens is 4. The highest BCUT2D eigenvalue weighted by atomic mass is 19.3. The molecule has 1 aliphatic rings. The van der Waals surface area contributed by atoms with E-state index in [0.29, 0.717) is 6.42 Å². The van der Waals surface area contributed by atoms with Gasteiger partial charge in [0.1, 0.15) is 0 Å². The van der Waals surface area contributed by atoms with Crippen molar-refractivity contribution in [3.63, 3.8) is 0 Å². The summed E-state index contributed by atoms with van der Waals surface area (Å²) in [5.74, 6) is -6.58. The van der Waals surface area contributed by atoms with Crippen LogP contribution in [0.15, 0.2) is 0 Å². The lowest BCUT2D eigenvalue weighted by Crippen LogP contribution is -2.64. The Kier molecular flexibility index (Phi) is 3.71. The highest BCUT2D eigenvalue weighted by Crippen LogP contribution is 2.42. The molecule has 0 bridgehead atoms. The van der Waals surface area contributed by atoms with Crippen molar-refractivity contribution >= 4 is 5.91 Å². The molecule has 1 rings (SSSR count). The van der Waals surface area contributed by atoms with Crippen molar-refractivity contribution in [2.75, 3.05) is 7.11 Å². The number of nitrogens with one attached hydrogen (secondary N) is 1. The first kappa shape index (κ1) is 14.2. The zero-order chi connectivity index (χ0) is 13.4. The largest absolute Gasteiger partial charge is 0.383 e. The lowest BCUT2D eigenvalue weighted by atomic mass is 9.64. The molecule has 0 aromatic rings. The van der Waals surface area contributed by atoms with Gasteiger partial charge in [-0.1, -0.05) is 13.8 Å². The first-order valence-electron chi connectivity index (χ1n) is 5.13. The number of hydrogen-bond donors (Lipinski definition) is 1. The van der Waals surface area contributed by atoms with E-state index in [1.54, 1.807) is 13.8 Å². The molecule has 7 heteroatoms. The highest BCUT2D eigenvalue weighted by Gasteiger charge is 2.54. The van der Waals surface area contributed by atoms with Crippen LogP contribution in [0, 0.1) is 5.41 Å². The topological polar surface area (TPSA) is 38.3 Å². The number of carbonyl (C=O) groups excluding carboxylic acids is 1. The van der Waals surface area contributed by atoms with E-state index in [-0.39, 0.29) is 6.10 Å². The van der Waals surface area contributed by atoms with Crippen LogP contribution in [0.2, 0.25) is 0 Å². The molecule has 2 unspecified atom stereocenters. The Labute approximate surface area is 96.5 Å². The molecule has 17 heavy (non-hydrogen) atoms. The van der Waals surface area contributed by atoms with E-state index in [9.17, 15) is 22.4 Å². The molecule has 0 saturated heterocycles. The number of amides is 1. The summed E-state index contributed by atoms with van der Waals surface area (Å²) >= 11 is 0. The molecule has 3 nitrogen and oxygen atoms in total. The van der Waals surface area contributed by atoms with Gasteiger partial charge in [0.2, 0.25) is 0 Å². The number of alkyl halides is 4. The molecule has 1 N–H and O–H groups in total. The zero-order valence-corrected chi connectivity index (χ0v) is 9.77. The summed E-state index contributed by atoms with van der Waals surface area (Å²) in [6, 6.07) is -0.579. The van der Waals surface area contributed by atoms with Gasteiger partial charge in [-0.15, -0.1) is 0 Å². The second kappa shape index (κ2) is 4.44. The quantitative estimate of drug-likeness (QED) is 0.780. The van der Waals surface area contributed by atoms with Gasteiger partial charge in [-0.3, -0.25) is 4.79 Å². The second-order valence-corrected chi connectivity index (χ2v) is 4.73. The van der Waals surface area contributed by atoms with Gasteiger partial charge >= 0.3 is 12.3 Å². The van der Waals surface area contributed by atoms with Gasteiger partial charge in [0.25, 0.3) is 5.91 Å². The van der Waals surface area contributed by atoms with E-state index in [0.717, 1.165) is 0 Å². The maximum Gasteiger partial charge on any atom is 0.383 e. The Morgan fingerprint density at radius 1 is 1.47 bits per heavy atom. The molecule has 1 amide bonds. The SMILES string of the molecule is COC1CC(NC(=O)C(F)(F)C(F)F)C1(C)C. The van der Waals surface area contributed by atoms with Crippen LogP contribution in [0.5, 0.6) is 0 Å². The third kappa shape index (κ3) is 2.38. The van der Waals surface area contributed by atoms with Crippen molar-refractivity contribution < 1.29 is 27.1 Å². The molecule has 0 spiro atoms. The number of methoxy groups -OCH3 is 1. The van der Waals surface area contributed by atoms with E-state index in [1.807, 2.05) is 5.32 Å². The van der Waals surface area contributed by atoms with Crippen LogP contribution in [0.25, 0.3) is 0 Å². The lowest BCUT2D eigenvalue weighted by molar-refractivity contribution is -0.175. The third-order valence-electron chi connectivity index (χ3n) is 3.34. The summed E-state index contributed by atoms with van der Waals surface area (Å²) in [7, 11) is 1.47. The standard InChI is InChI=1S/C10H15F4NO2/c1-9(2)5(4-6(9)17-3)15-8(16)10(13,14)7(11)12/h5-7H,4H2,1-3H3,(H,15,16). The molecule has 0 aromatic heterocycles. The van der Waals surface area contributed by atoms with Crippen LogP contribution in [-0.4, -0.2) is 37.5 Å². The molecule has 0 radical (unpaired) electrons. The molecule has 1 saturated carbocycles. The molecular formula is C10H15F4NO2. The van der Waals surface area contributed by atoms with Crippen molar-refractivity contribution in [1.82, 2.24) is 5.32 Å². The fraction of sp³-hybridized carbons (Fsp3) is 0.900. The average molecular weight is 257 g/mol.